The largest absolute Gasteiger partial charge is 0.353 e. The Morgan fingerprint density at radius 3 is 2.64 bits per heavy atom. The maximum Gasteiger partial charge on any atom is 0.220 e. The number of nitrogens with two attached hydrogens (primary N) is 1. The number of carbonyl (C=O) groups excluding carboxylic acids is 1. The summed E-state index contributed by atoms with van der Waals surface area (Å²) in [6.07, 6.45) is 3.22. The molecular formula is C11H22N2O. The Balaban J connectivity index is 3.79. The van der Waals surface area contributed by atoms with Gasteiger partial charge in [-0.25, -0.2) is 0 Å². The summed E-state index contributed by atoms with van der Waals surface area (Å²) in [5.74, 6) is 0.969. The van der Waals surface area contributed by atoms with E-state index in [4.69, 9.17) is 5.73 Å². The summed E-state index contributed by atoms with van der Waals surface area (Å²) in [6, 6.07) is 0. The van der Waals surface area contributed by atoms with Crippen LogP contribution >= 0.6 is 0 Å². The van der Waals surface area contributed by atoms with E-state index in [0.29, 0.717) is 31.3 Å². The molecule has 0 aromatic heterocycles. The third kappa shape index (κ3) is 6.66. The molecule has 0 saturated heterocycles. The van der Waals surface area contributed by atoms with Crippen LogP contribution in [0.5, 0.6) is 0 Å². The smallest absolute Gasteiger partial charge is 0.220 e. The van der Waals surface area contributed by atoms with E-state index < -0.39 is 0 Å². The molecule has 0 radical (unpaired) electrons. The fourth-order valence-electron chi connectivity index (χ4n) is 1.45. The van der Waals surface area contributed by atoms with Gasteiger partial charge in [-0.15, -0.1) is 6.58 Å². The second-order valence-electron chi connectivity index (χ2n) is 4.03. The van der Waals surface area contributed by atoms with Crippen molar-refractivity contribution in [3.8, 4) is 0 Å². The first-order valence-corrected chi connectivity index (χ1v) is 5.17. The summed E-state index contributed by atoms with van der Waals surface area (Å²) in [4.78, 5) is 11.3. The van der Waals surface area contributed by atoms with Crippen LogP contribution in [0.15, 0.2) is 12.7 Å². The fraction of sp³-hybridized carbons (Fsp3) is 0.727. The number of nitrogens with one attached hydrogen (secondary N) is 1. The molecule has 0 heterocycles. The number of hydrogen-bond acceptors (Lipinski definition) is 2. The summed E-state index contributed by atoms with van der Waals surface area (Å²) < 4.78 is 0. The summed E-state index contributed by atoms with van der Waals surface area (Å²) in [5, 5.41) is 2.76. The minimum atomic E-state index is 0.0704. The van der Waals surface area contributed by atoms with Gasteiger partial charge in [-0.05, 0) is 24.8 Å². The van der Waals surface area contributed by atoms with Gasteiger partial charge in [-0.2, -0.15) is 0 Å². The predicted molar refractivity (Wildman–Crippen MR) is 59.8 cm³/mol. The highest BCUT2D eigenvalue weighted by Crippen LogP contribution is 2.13. The van der Waals surface area contributed by atoms with Crippen molar-refractivity contribution in [1.29, 1.82) is 0 Å². The van der Waals surface area contributed by atoms with Gasteiger partial charge in [0.1, 0.15) is 0 Å². The molecule has 0 aliphatic rings. The molecule has 0 aromatic carbocycles. The van der Waals surface area contributed by atoms with Crippen LogP contribution in [-0.4, -0.2) is 19.0 Å². The van der Waals surface area contributed by atoms with Gasteiger partial charge in [-0.3, -0.25) is 4.79 Å². The zero-order valence-electron chi connectivity index (χ0n) is 9.25. The van der Waals surface area contributed by atoms with E-state index in [0.717, 1.165) is 6.42 Å². The molecule has 3 N–H and O–H groups in total. The van der Waals surface area contributed by atoms with Gasteiger partial charge >= 0.3 is 0 Å². The first-order chi connectivity index (χ1) is 6.60. The Hall–Kier alpha value is -0.830. The lowest BCUT2D eigenvalue weighted by Crippen LogP contribution is -2.28. The molecule has 0 aliphatic carbocycles. The molecule has 82 valence electrons. The molecule has 0 aliphatic heterocycles. The third-order valence-corrected chi connectivity index (χ3v) is 2.06. The van der Waals surface area contributed by atoms with Crippen molar-refractivity contribution >= 4 is 5.91 Å². The first kappa shape index (κ1) is 13.2. The first-order valence-electron chi connectivity index (χ1n) is 5.17. The number of rotatable bonds is 7. The van der Waals surface area contributed by atoms with Crippen LogP contribution in [0.25, 0.3) is 0 Å². The van der Waals surface area contributed by atoms with Crippen LogP contribution in [0.4, 0.5) is 0 Å². The summed E-state index contributed by atoms with van der Waals surface area (Å²) in [5.41, 5.74) is 5.60. The van der Waals surface area contributed by atoms with Gasteiger partial charge in [0.05, 0.1) is 0 Å². The molecule has 14 heavy (non-hydrogen) atoms. The topological polar surface area (TPSA) is 55.1 Å². The van der Waals surface area contributed by atoms with E-state index in [1.165, 1.54) is 0 Å². The SMILES string of the molecule is C=CCNC(=O)C[C@@H](CN)CC(C)C. The van der Waals surface area contributed by atoms with Crippen molar-refractivity contribution in [2.24, 2.45) is 17.6 Å². The Labute approximate surface area is 86.8 Å². The maximum absolute atomic E-state index is 11.3. The molecule has 0 spiro atoms. The number of hydrogen-bond donors (Lipinski definition) is 2. The van der Waals surface area contributed by atoms with Crippen LogP contribution in [0, 0.1) is 11.8 Å². The van der Waals surface area contributed by atoms with E-state index in [1.54, 1.807) is 6.08 Å². The molecule has 0 saturated carbocycles. The quantitative estimate of drug-likeness (QED) is 0.606. The maximum atomic E-state index is 11.3. The lowest BCUT2D eigenvalue weighted by molar-refractivity contribution is -0.121. The van der Waals surface area contributed by atoms with Gasteiger partial charge in [0.2, 0.25) is 5.91 Å². The minimum absolute atomic E-state index is 0.0704. The summed E-state index contributed by atoms with van der Waals surface area (Å²) >= 11 is 0. The van der Waals surface area contributed by atoms with Gasteiger partial charge in [0, 0.05) is 13.0 Å². The number of amides is 1. The number of carbonyl (C=O) groups is 1. The van der Waals surface area contributed by atoms with Gasteiger partial charge in [0.25, 0.3) is 0 Å². The van der Waals surface area contributed by atoms with Crippen molar-refractivity contribution < 1.29 is 4.79 Å². The van der Waals surface area contributed by atoms with Gasteiger partial charge < -0.3 is 11.1 Å². The predicted octanol–water partition coefficient (Wildman–Crippen LogP) is 1.30. The van der Waals surface area contributed by atoms with Crippen molar-refractivity contribution in [1.82, 2.24) is 5.32 Å². The minimum Gasteiger partial charge on any atom is -0.353 e. The third-order valence-electron chi connectivity index (χ3n) is 2.06. The van der Waals surface area contributed by atoms with Crippen molar-refractivity contribution in [2.45, 2.75) is 26.7 Å². The van der Waals surface area contributed by atoms with E-state index in [9.17, 15) is 4.79 Å². The van der Waals surface area contributed by atoms with Crippen LogP contribution in [0.2, 0.25) is 0 Å². The molecule has 1 amide bonds. The molecule has 0 bridgehead atoms. The Kier molecular flexibility index (Phi) is 7.11. The van der Waals surface area contributed by atoms with Crippen LogP contribution < -0.4 is 11.1 Å². The fourth-order valence-corrected chi connectivity index (χ4v) is 1.45. The van der Waals surface area contributed by atoms with Crippen LogP contribution in [-0.2, 0) is 4.79 Å². The lowest BCUT2D eigenvalue weighted by atomic mass is 9.94. The molecule has 0 unspecified atom stereocenters. The van der Waals surface area contributed by atoms with Gasteiger partial charge in [-0.1, -0.05) is 19.9 Å². The molecule has 0 fully saturated rings. The normalized spacial score (nSPS) is 12.6. The Morgan fingerprint density at radius 2 is 2.21 bits per heavy atom. The van der Waals surface area contributed by atoms with Crippen molar-refractivity contribution in [2.75, 3.05) is 13.1 Å². The molecular weight excluding hydrogens is 176 g/mol. The van der Waals surface area contributed by atoms with E-state index in [-0.39, 0.29) is 5.91 Å². The molecule has 1 atom stereocenters. The van der Waals surface area contributed by atoms with Crippen LogP contribution in [0.3, 0.4) is 0 Å². The standard InChI is InChI=1S/C11H22N2O/c1-4-5-13-11(14)7-10(8-12)6-9(2)3/h4,9-10H,1,5-8,12H2,2-3H3,(H,13,14)/t10-/m0/s1. The highest BCUT2D eigenvalue weighted by molar-refractivity contribution is 5.76. The van der Waals surface area contributed by atoms with E-state index in [2.05, 4.69) is 25.7 Å². The monoisotopic (exact) mass is 198 g/mol. The second kappa shape index (κ2) is 7.56. The lowest BCUT2D eigenvalue weighted by Gasteiger charge is -2.16. The summed E-state index contributed by atoms with van der Waals surface area (Å²) in [6.45, 7) is 8.95. The van der Waals surface area contributed by atoms with Crippen molar-refractivity contribution in [3.05, 3.63) is 12.7 Å². The van der Waals surface area contributed by atoms with Crippen LogP contribution in [0.1, 0.15) is 26.7 Å². The Bertz CT molecular complexity index is 178. The zero-order valence-corrected chi connectivity index (χ0v) is 9.25. The van der Waals surface area contributed by atoms with Crippen molar-refractivity contribution in [3.63, 3.8) is 0 Å². The highest BCUT2D eigenvalue weighted by Gasteiger charge is 2.13. The highest BCUT2D eigenvalue weighted by atomic mass is 16.1. The molecule has 0 rings (SSSR count). The molecule has 0 aromatic rings. The molecule has 3 nitrogen and oxygen atoms in total. The van der Waals surface area contributed by atoms with E-state index in [1.807, 2.05) is 0 Å². The average Bonchev–Trinajstić information content (AvgIpc) is 2.12. The molecule has 3 heteroatoms. The van der Waals surface area contributed by atoms with Gasteiger partial charge in [0.15, 0.2) is 0 Å². The second-order valence-corrected chi connectivity index (χ2v) is 4.03. The van der Waals surface area contributed by atoms with E-state index >= 15 is 0 Å². The Morgan fingerprint density at radius 1 is 1.57 bits per heavy atom. The zero-order chi connectivity index (χ0) is 11.0. The summed E-state index contributed by atoms with van der Waals surface area (Å²) in [7, 11) is 0. The average molecular weight is 198 g/mol.